The molecule has 0 heterocycles. The summed E-state index contributed by atoms with van der Waals surface area (Å²) < 4.78 is 4.70. The number of carbonyl (C=O) groups is 2. The third-order valence-corrected chi connectivity index (χ3v) is 5.07. The highest BCUT2D eigenvalue weighted by Crippen LogP contribution is 2.52. The minimum atomic E-state index is -0.993. The van der Waals surface area contributed by atoms with E-state index in [0.29, 0.717) is 22.1 Å². The van der Waals surface area contributed by atoms with Crippen molar-refractivity contribution < 1.29 is 19.4 Å². The van der Waals surface area contributed by atoms with E-state index < -0.39 is 5.97 Å². The normalized spacial score (nSPS) is 15.7. The SMILES string of the molecule is COC(=O)CC1(CSc2ccc(Cl)cc2C(=O)O)CC1. The first-order chi connectivity index (χ1) is 9.46. The van der Waals surface area contributed by atoms with Crippen LogP contribution >= 0.6 is 23.4 Å². The van der Waals surface area contributed by atoms with Crippen LogP contribution in [0.3, 0.4) is 0 Å². The van der Waals surface area contributed by atoms with Crippen molar-refractivity contribution in [3.63, 3.8) is 0 Å². The van der Waals surface area contributed by atoms with E-state index in [1.54, 1.807) is 12.1 Å². The average molecular weight is 315 g/mol. The number of aromatic carboxylic acids is 1. The fourth-order valence-electron chi connectivity index (χ4n) is 1.95. The van der Waals surface area contributed by atoms with Gasteiger partial charge in [0.25, 0.3) is 0 Å². The summed E-state index contributed by atoms with van der Waals surface area (Å²) in [7, 11) is 1.38. The number of carboxylic acids is 1. The molecule has 0 unspecified atom stereocenters. The summed E-state index contributed by atoms with van der Waals surface area (Å²) in [6.07, 6.45) is 2.35. The van der Waals surface area contributed by atoms with Crippen molar-refractivity contribution in [1.29, 1.82) is 0 Å². The predicted molar refractivity (Wildman–Crippen MR) is 77.4 cm³/mol. The van der Waals surface area contributed by atoms with Gasteiger partial charge in [-0.1, -0.05) is 11.6 Å². The number of rotatable bonds is 6. The molecule has 1 aromatic rings. The van der Waals surface area contributed by atoms with Gasteiger partial charge in [-0.2, -0.15) is 0 Å². The van der Waals surface area contributed by atoms with Crippen molar-refractivity contribution in [1.82, 2.24) is 0 Å². The Morgan fingerprint density at radius 3 is 2.70 bits per heavy atom. The van der Waals surface area contributed by atoms with Gasteiger partial charge in [0, 0.05) is 15.7 Å². The minimum absolute atomic E-state index is 0.0346. The van der Waals surface area contributed by atoms with Gasteiger partial charge in [0.15, 0.2) is 0 Å². The van der Waals surface area contributed by atoms with Crippen molar-refractivity contribution in [2.24, 2.45) is 5.41 Å². The van der Waals surface area contributed by atoms with Crippen LogP contribution in [-0.2, 0) is 9.53 Å². The van der Waals surface area contributed by atoms with Crippen molar-refractivity contribution in [3.8, 4) is 0 Å². The second-order valence-electron chi connectivity index (χ2n) is 4.99. The number of carbonyl (C=O) groups excluding carboxylic acids is 1. The van der Waals surface area contributed by atoms with E-state index in [1.807, 2.05) is 0 Å². The molecule has 0 spiro atoms. The summed E-state index contributed by atoms with van der Waals surface area (Å²) in [5.74, 6) is -0.491. The molecule has 0 bridgehead atoms. The first kappa shape index (κ1) is 15.2. The molecule has 108 valence electrons. The Morgan fingerprint density at radius 1 is 1.45 bits per heavy atom. The van der Waals surface area contributed by atoms with Crippen molar-refractivity contribution in [3.05, 3.63) is 28.8 Å². The molecule has 20 heavy (non-hydrogen) atoms. The van der Waals surface area contributed by atoms with Crippen LogP contribution in [0, 0.1) is 5.41 Å². The monoisotopic (exact) mass is 314 g/mol. The van der Waals surface area contributed by atoms with Gasteiger partial charge in [0.1, 0.15) is 0 Å². The van der Waals surface area contributed by atoms with Gasteiger partial charge in [0.05, 0.1) is 19.1 Å². The number of hydrogen-bond acceptors (Lipinski definition) is 4. The lowest BCUT2D eigenvalue weighted by atomic mass is 10.1. The summed E-state index contributed by atoms with van der Waals surface area (Å²) in [6.45, 7) is 0. The molecular weight excluding hydrogens is 300 g/mol. The Balaban J connectivity index is 2.04. The van der Waals surface area contributed by atoms with E-state index in [2.05, 4.69) is 0 Å². The first-order valence-electron chi connectivity index (χ1n) is 6.18. The molecule has 1 N–H and O–H groups in total. The topological polar surface area (TPSA) is 63.6 Å². The van der Waals surface area contributed by atoms with Gasteiger partial charge in [0.2, 0.25) is 0 Å². The lowest BCUT2D eigenvalue weighted by Gasteiger charge is -2.14. The van der Waals surface area contributed by atoms with E-state index >= 15 is 0 Å². The zero-order chi connectivity index (χ0) is 14.8. The fraction of sp³-hybridized carbons (Fsp3) is 0.429. The van der Waals surface area contributed by atoms with Crippen LogP contribution in [-0.4, -0.2) is 29.9 Å². The standard InChI is InChI=1S/C14H15ClO4S/c1-19-12(16)7-14(4-5-14)8-20-11-3-2-9(15)6-10(11)13(17)18/h2-3,6H,4-5,7-8H2,1H3,(H,17,18). The number of methoxy groups -OCH3 is 1. The Morgan fingerprint density at radius 2 is 2.15 bits per heavy atom. The van der Waals surface area contributed by atoms with Crippen LogP contribution in [0.5, 0.6) is 0 Å². The summed E-state index contributed by atoms with van der Waals surface area (Å²) in [5, 5.41) is 9.58. The third kappa shape index (κ3) is 3.67. The molecule has 0 aliphatic heterocycles. The Labute approximate surface area is 126 Å². The van der Waals surface area contributed by atoms with E-state index in [4.69, 9.17) is 16.3 Å². The summed E-state index contributed by atoms with van der Waals surface area (Å²) >= 11 is 7.28. The zero-order valence-corrected chi connectivity index (χ0v) is 12.6. The number of carboxylic acid groups (broad SMARTS) is 1. The summed E-state index contributed by atoms with van der Waals surface area (Å²) in [4.78, 5) is 23.2. The summed E-state index contributed by atoms with van der Waals surface area (Å²) in [5.41, 5.74) is 0.170. The number of ether oxygens (including phenoxy) is 1. The second kappa shape index (κ2) is 6.06. The lowest BCUT2D eigenvalue weighted by Crippen LogP contribution is -2.13. The first-order valence-corrected chi connectivity index (χ1v) is 7.55. The molecule has 0 atom stereocenters. The Hall–Kier alpha value is -1.20. The average Bonchev–Trinajstić information content (AvgIpc) is 3.17. The quantitative estimate of drug-likeness (QED) is 0.643. The fourth-order valence-corrected chi connectivity index (χ4v) is 3.44. The van der Waals surface area contributed by atoms with Gasteiger partial charge < -0.3 is 9.84 Å². The highest BCUT2D eigenvalue weighted by molar-refractivity contribution is 7.99. The molecule has 0 saturated heterocycles. The largest absolute Gasteiger partial charge is 0.478 e. The number of thioether (sulfide) groups is 1. The molecule has 1 fully saturated rings. The molecule has 1 aromatic carbocycles. The highest BCUT2D eigenvalue weighted by Gasteiger charge is 2.44. The maximum atomic E-state index is 11.4. The molecular formula is C14H15ClO4S. The Bertz CT molecular complexity index is 540. The Kier molecular flexibility index (Phi) is 4.60. The number of hydrogen-bond donors (Lipinski definition) is 1. The molecule has 0 amide bonds. The molecule has 2 rings (SSSR count). The van der Waals surface area contributed by atoms with E-state index in [1.165, 1.54) is 24.9 Å². The van der Waals surface area contributed by atoms with Crippen LogP contribution in [0.1, 0.15) is 29.6 Å². The van der Waals surface area contributed by atoms with E-state index in [0.717, 1.165) is 12.8 Å². The molecule has 1 aliphatic rings. The molecule has 0 aromatic heterocycles. The van der Waals surface area contributed by atoms with Crippen LogP contribution in [0.2, 0.25) is 5.02 Å². The maximum absolute atomic E-state index is 11.4. The predicted octanol–water partition coefficient (Wildman–Crippen LogP) is 3.47. The third-order valence-electron chi connectivity index (χ3n) is 3.41. The van der Waals surface area contributed by atoms with Crippen LogP contribution in [0.15, 0.2) is 23.1 Å². The van der Waals surface area contributed by atoms with Crippen LogP contribution in [0.25, 0.3) is 0 Å². The highest BCUT2D eigenvalue weighted by atomic mass is 35.5. The van der Waals surface area contributed by atoms with Crippen LogP contribution in [0.4, 0.5) is 0 Å². The van der Waals surface area contributed by atoms with Gasteiger partial charge >= 0.3 is 11.9 Å². The van der Waals surface area contributed by atoms with Crippen LogP contribution < -0.4 is 0 Å². The molecule has 1 aliphatic carbocycles. The maximum Gasteiger partial charge on any atom is 0.336 e. The van der Waals surface area contributed by atoms with Gasteiger partial charge in [-0.05, 0) is 36.5 Å². The van der Waals surface area contributed by atoms with Crippen molar-refractivity contribution >= 4 is 35.3 Å². The van der Waals surface area contributed by atoms with Gasteiger partial charge in [-0.15, -0.1) is 11.8 Å². The number of halogens is 1. The van der Waals surface area contributed by atoms with Crippen molar-refractivity contribution in [2.45, 2.75) is 24.2 Å². The van der Waals surface area contributed by atoms with E-state index in [9.17, 15) is 14.7 Å². The smallest absolute Gasteiger partial charge is 0.336 e. The number of benzene rings is 1. The molecule has 4 nitrogen and oxygen atoms in total. The van der Waals surface area contributed by atoms with Crippen molar-refractivity contribution in [2.75, 3.05) is 12.9 Å². The second-order valence-corrected chi connectivity index (χ2v) is 6.44. The minimum Gasteiger partial charge on any atom is -0.478 e. The van der Waals surface area contributed by atoms with E-state index in [-0.39, 0.29) is 16.9 Å². The van der Waals surface area contributed by atoms with Gasteiger partial charge in [-0.25, -0.2) is 4.79 Å². The lowest BCUT2D eigenvalue weighted by molar-refractivity contribution is -0.141. The molecule has 6 heteroatoms. The van der Waals surface area contributed by atoms with Gasteiger partial charge in [-0.3, -0.25) is 4.79 Å². The zero-order valence-electron chi connectivity index (χ0n) is 11.0. The molecule has 0 radical (unpaired) electrons. The number of esters is 1. The molecule has 1 saturated carbocycles. The summed E-state index contributed by atoms with van der Waals surface area (Å²) in [6, 6.07) is 4.84.